The van der Waals surface area contributed by atoms with Crippen molar-refractivity contribution in [3.05, 3.63) is 0 Å². The second-order valence-corrected chi connectivity index (χ2v) is 12.7. The molecule has 0 amide bonds. The lowest BCUT2D eigenvalue weighted by Gasteiger charge is -2.33. The lowest BCUT2D eigenvalue weighted by Crippen LogP contribution is -2.49. The smallest absolute Gasteiger partial charge is 0.323 e. The summed E-state index contributed by atoms with van der Waals surface area (Å²) in [4.78, 5) is 55.4. The van der Waals surface area contributed by atoms with Gasteiger partial charge in [-0.15, -0.1) is 0 Å². The van der Waals surface area contributed by atoms with Gasteiger partial charge in [0.1, 0.15) is 22.8 Å². The van der Waals surface area contributed by atoms with Gasteiger partial charge in [-0.05, 0) is 68.7 Å². The molecule has 11 heteroatoms. The summed E-state index contributed by atoms with van der Waals surface area (Å²) < 4.78 is 16.6. The first-order valence-corrected chi connectivity index (χ1v) is 13.3. The van der Waals surface area contributed by atoms with E-state index in [2.05, 4.69) is 0 Å². The second kappa shape index (κ2) is 14.2. The molecule has 0 bridgehead atoms. The predicted molar refractivity (Wildman–Crippen MR) is 143 cm³/mol. The first-order chi connectivity index (χ1) is 17.2. The molecular weight excluding hydrogens is 494 g/mol. The Kier molecular flexibility index (Phi) is 12.7. The average Bonchev–Trinajstić information content (AvgIpc) is 2.76. The molecular formula is C27H49N3O8. The molecule has 0 aliphatic carbocycles. The topological polar surface area (TPSA) is 126 Å². The van der Waals surface area contributed by atoms with Crippen molar-refractivity contribution in [3.8, 4) is 0 Å². The third-order valence-electron chi connectivity index (χ3n) is 5.44. The molecule has 11 nitrogen and oxygen atoms in total. The Morgan fingerprint density at radius 3 is 1.37 bits per heavy atom. The predicted octanol–water partition coefficient (Wildman–Crippen LogP) is 2.16. The van der Waals surface area contributed by atoms with Gasteiger partial charge in [0.2, 0.25) is 0 Å². The van der Waals surface area contributed by atoms with Gasteiger partial charge in [0.05, 0.1) is 13.1 Å². The standard InChI is InChI=1S/C27H49N3O8/c1-25(2,3)36-22(33)18-28-12-13-29(19-23(34)37-26(4,5)6)15-17-30(16-14-28)20(10-11-21(31)32)24(35)38-27(7,8)9/h20H,10-19H2,1-9H3,(H,31,32)/t20-/m1/s1. The Morgan fingerprint density at radius 2 is 1.03 bits per heavy atom. The molecule has 1 atom stereocenters. The molecule has 0 saturated carbocycles. The maximum absolute atomic E-state index is 13.2. The van der Waals surface area contributed by atoms with E-state index in [1.54, 1.807) is 20.8 Å². The Balaban J connectivity index is 3.18. The minimum Gasteiger partial charge on any atom is -0.481 e. The van der Waals surface area contributed by atoms with Crippen molar-refractivity contribution >= 4 is 23.9 Å². The number of carbonyl (C=O) groups is 4. The van der Waals surface area contributed by atoms with Crippen LogP contribution in [0.1, 0.15) is 75.2 Å². The van der Waals surface area contributed by atoms with Crippen molar-refractivity contribution in [3.63, 3.8) is 0 Å². The van der Waals surface area contributed by atoms with Crippen molar-refractivity contribution in [2.75, 3.05) is 52.4 Å². The first-order valence-electron chi connectivity index (χ1n) is 13.3. The molecule has 1 heterocycles. The monoisotopic (exact) mass is 543 g/mol. The van der Waals surface area contributed by atoms with E-state index in [4.69, 9.17) is 14.2 Å². The number of carboxylic acid groups (broad SMARTS) is 1. The van der Waals surface area contributed by atoms with Gasteiger partial charge in [-0.1, -0.05) is 0 Å². The van der Waals surface area contributed by atoms with E-state index in [1.807, 2.05) is 56.2 Å². The summed E-state index contributed by atoms with van der Waals surface area (Å²) in [7, 11) is 0. The molecule has 1 saturated heterocycles. The Morgan fingerprint density at radius 1 is 0.658 bits per heavy atom. The molecule has 0 aromatic carbocycles. The number of hydrogen-bond donors (Lipinski definition) is 1. The Hall–Kier alpha value is -2.24. The largest absolute Gasteiger partial charge is 0.481 e. The molecule has 0 unspecified atom stereocenters. The van der Waals surface area contributed by atoms with Crippen LogP contribution in [0.4, 0.5) is 0 Å². The maximum atomic E-state index is 13.2. The van der Waals surface area contributed by atoms with Crippen LogP contribution >= 0.6 is 0 Å². The zero-order valence-electron chi connectivity index (χ0n) is 24.8. The van der Waals surface area contributed by atoms with Crippen molar-refractivity contribution in [1.29, 1.82) is 0 Å². The van der Waals surface area contributed by atoms with Crippen LogP contribution in [0.2, 0.25) is 0 Å². The number of esters is 3. The highest BCUT2D eigenvalue weighted by Gasteiger charge is 2.33. The number of aliphatic carboxylic acids is 1. The summed E-state index contributed by atoms with van der Waals surface area (Å²) in [5, 5.41) is 9.30. The quantitative estimate of drug-likeness (QED) is 0.340. The van der Waals surface area contributed by atoms with Crippen LogP contribution in [0, 0.1) is 0 Å². The van der Waals surface area contributed by atoms with Crippen molar-refractivity contribution in [1.82, 2.24) is 14.7 Å². The maximum Gasteiger partial charge on any atom is 0.323 e. The van der Waals surface area contributed by atoms with Gasteiger partial charge >= 0.3 is 23.9 Å². The van der Waals surface area contributed by atoms with Crippen LogP contribution in [0.3, 0.4) is 0 Å². The van der Waals surface area contributed by atoms with Crippen LogP contribution in [0.25, 0.3) is 0 Å². The van der Waals surface area contributed by atoms with E-state index in [0.29, 0.717) is 39.3 Å². The van der Waals surface area contributed by atoms with E-state index >= 15 is 0 Å². The molecule has 38 heavy (non-hydrogen) atoms. The number of hydrogen-bond acceptors (Lipinski definition) is 10. The summed E-state index contributed by atoms with van der Waals surface area (Å²) in [5.41, 5.74) is -1.97. The zero-order valence-corrected chi connectivity index (χ0v) is 24.8. The fraction of sp³-hybridized carbons (Fsp3) is 0.852. The van der Waals surface area contributed by atoms with Gasteiger partial charge in [0, 0.05) is 45.7 Å². The second-order valence-electron chi connectivity index (χ2n) is 12.7. The van der Waals surface area contributed by atoms with E-state index in [9.17, 15) is 24.3 Å². The lowest BCUT2D eigenvalue weighted by atomic mass is 10.1. The fourth-order valence-corrected chi connectivity index (χ4v) is 3.98. The Labute approximate surface area is 227 Å². The summed E-state index contributed by atoms with van der Waals surface area (Å²) in [6.45, 7) is 19.0. The molecule has 0 aromatic rings. The summed E-state index contributed by atoms with van der Waals surface area (Å²) >= 11 is 0. The van der Waals surface area contributed by atoms with Gasteiger partial charge < -0.3 is 19.3 Å². The van der Waals surface area contributed by atoms with Crippen LogP contribution in [0.5, 0.6) is 0 Å². The number of nitrogens with zero attached hydrogens (tertiary/aromatic N) is 3. The SMILES string of the molecule is CC(C)(C)OC(=O)CN1CCN(CC(=O)OC(C)(C)C)CCN([C@H](CCC(=O)O)C(=O)OC(C)(C)C)CC1. The number of ether oxygens (including phenoxy) is 3. The van der Waals surface area contributed by atoms with E-state index < -0.39 is 34.8 Å². The van der Waals surface area contributed by atoms with Gasteiger partial charge in [0.25, 0.3) is 0 Å². The number of carbonyl (C=O) groups excluding carboxylic acids is 3. The van der Waals surface area contributed by atoms with Crippen LogP contribution in [-0.4, -0.2) is 119 Å². The molecule has 0 radical (unpaired) electrons. The van der Waals surface area contributed by atoms with Crippen molar-refractivity contribution < 1.29 is 38.5 Å². The van der Waals surface area contributed by atoms with Gasteiger partial charge in [-0.2, -0.15) is 0 Å². The van der Waals surface area contributed by atoms with Crippen LogP contribution in [0.15, 0.2) is 0 Å². The molecule has 220 valence electrons. The molecule has 1 fully saturated rings. The third kappa shape index (κ3) is 15.2. The van der Waals surface area contributed by atoms with Crippen LogP contribution in [-0.2, 0) is 33.4 Å². The lowest BCUT2D eigenvalue weighted by molar-refractivity contribution is -0.163. The minimum atomic E-state index is -0.999. The molecule has 1 N–H and O–H groups in total. The highest BCUT2D eigenvalue weighted by molar-refractivity contribution is 5.77. The van der Waals surface area contributed by atoms with Crippen LogP contribution < -0.4 is 0 Å². The molecule has 1 aliphatic heterocycles. The molecule has 1 aliphatic rings. The number of carboxylic acids is 1. The summed E-state index contributed by atoms with van der Waals surface area (Å²) in [6, 6.07) is -0.782. The van der Waals surface area contributed by atoms with Gasteiger partial charge in [0.15, 0.2) is 0 Å². The normalized spacial score (nSPS) is 18.0. The van der Waals surface area contributed by atoms with E-state index in [1.165, 1.54) is 0 Å². The molecule has 0 aromatic heterocycles. The number of rotatable bonds is 9. The summed E-state index contributed by atoms with van der Waals surface area (Å²) in [5.74, 6) is -2.22. The average molecular weight is 544 g/mol. The molecule has 0 spiro atoms. The van der Waals surface area contributed by atoms with Crippen molar-refractivity contribution in [2.24, 2.45) is 0 Å². The van der Waals surface area contributed by atoms with Gasteiger partial charge in [-0.25, -0.2) is 0 Å². The third-order valence-corrected chi connectivity index (χ3v) is 5.44. The van der Waals surface area contributed by atoms with E-state index in [-0.39, 0.29) is 37.9 Å². The highest BCUT2D eigenvalue weighted by Crippen LogP contribution is 2.17. The Bertz CT molecular complexity index is 769. The first kappa shape index (κ1) is 33.8. The van der Waals surface area contributed by atoms with Crippen molar-refractivity contribution in [2.45, 2.75) is 98.0 Å². The fourth-order valence-electron chi connectivity index (χ4n) is 3.98. The molecule has 1 rings (SSSR count). The van der Waals surface area contributed by atoms with E-state index in [0.717, 1.165) is 0 Å². The zero-order chi connectivity index (χ0) is 29.3. The summed E-state index contributed by atoms with van der Waals surface area (Å²) in [6.07, 6.45) is -0.105. The minimum absolute atomic E-state index is 0.0532. The van der Waals surface area contributed by atoms with Gasteiger partial charge in [-0.3, -0.25) is 33.9 Å². The highest BCUT2D eigenvalue weighted by atomic mass is 16.6.